The number of carbonyl (C=O) groups is 1. The molecule has 1 saturated carbocycles. The van der Waals surface area contributed by atoms with Crippen molar-refractivity contribution in [3.8, 4) is 17.1 Å². The minimum Gasteiger partial charge on any atom is -0.353 e. The van der Waals surface area contributed by atoms with E-state index in [0.717, 1.165) is 47.2 Å². The van der Waals surface area contributed by atoms with Gasteiger partial charge >= 0.3 is 0 Å². The van der Waals surface area contributed by atoms with Gasteiger partial charge in [0.05, 0.1) is 0 Å². The predicted molar refractivity (Wildman–Crippen MR) is 127 cm³/mol. The second kappa shape index (κ2) is 10.8. The lowest BCUT2D eigenvalue weighted by Gasteiger charge is -2.22. The van der Waals surface area contributed by atoms with Crippen LogP contribution >= 0.6 is 23.4 Å². The van der Waals surface area contributed by atoms with E-state index >= 15 is 0 Å². The molecule has 31 heavy (non-hydrogen) atoms. The van der Waals surface area contributed by atoms with E-state index in [0.29, 0.717) is 17.5 Å². The Morgan fingerprint density at radius 1 is 1.03 bits per heavy atom. The first-order chi connectivity index (χ1) is 15.2. The number of hydrogen-bond acceptors (Lipinski definition) is 4. The van der Waals surface area contributed by atoms with Crippen molar-refractivity contribution in [2.45, 2.75) is 56.1 Å². The van der Waals surface area contributed by atoms with Crippen molar-refractivity contribution in [2.75, 3.05) is 5.75 Å². The van der Waals surface area contributed by atoms with Gasteiger partial charge in [-0.15, -0.1) is 10.2 Å². The van der Waals surface area contributed by atoms with Crippen molar-refractivity contribution in [3.63, 3.8) is 0 Å². The largest absolute Gasteiger partial charge is 0.353 e. The molecule has 1 aliphatic carbocycles. The van der Waals surface area contributed by atoms with E-state index in [1.807, 2.05) is 54.6 Å². The molecule has 0 unspecified atom stereocenters. The van der Waals surface area contributed by atoms with Crippen LogP contribution in [0.4, 0.5) is 0 Å². The van der Waals surface area contributed by atoms with Gasteiger partial charge in [-0.05, 0) is 55.7 Å². The number of carbonyl (C=O) groups excluding carboxylic acids is 1. The predicted octanol–water partition coefficient (Wildman–Crippen LogP) is 5.91. The zero-order valence-corrected chi connectivity index (χ0v) is 19.0. The van der Waals surface area contributed by atoms with Gasteiger partial charge in [-0.2, -0.15) is 0 Å². The second-order valence-corrected chi connectivity index (χ2v) is 9.34. The molecule has 0 aliphatic heterocycles. The molecule has 7 heteroatoms. The first-order valence-electron chi connectivity index (χ1n) is 10.9. The molecular weight excluding hydrogens is 428 g/mol. The molecule has 4 rings (SSSR count). The molecule has 5 nitrogen and oxygen atoms in total. The minimum absolute atomic E-state index is 0.166. The molecule has 1 aliphatic rings. The fourth-order valence-corrected chi connectivity index (χ4v) is 4.92. The number of aromatic nitrogens is 3. The van der Waals surface area contributed by atoms with Crippen LogP contribution in [-0.2, 0) is 4.79 Å². The van der Waals surface area contributed by atoms with Crippen LogP contribution in [0.3, 0.4) is 0 Å². The molecular formula is C24H27ClN4OS. The Labute approximate surface area is 192 Å². The number of hydrogen-bond donors (Lipinski definition) is 1. The summed E-state index contributed by atoms with van der Waals surface area (Å²) in [6.45, 7) is 0. The third-order valence-electron chi connectivity index (χ3n) is 5.50. The maximum absolute atomic E-state index is 12.3. The van der Waals surface area contributed by atoms with E-state index in [2.05, 4.69) is 20.1 Å². The minimum atomic E-state index is 0.166. The first-order valence-corrected chi connectivity index (χ1v) is 12.3. The SMILES string of the molecule is O=C(CCCSc1nnc(-c2ccc(Cl)cc2)n1-c1ccccc1)NC1CCCCC1. The molecule has 0 spiro atoms. The maximum Gasteiger partial charge on any atom is 0.220 e. The van der Waals surface area contributed by atoms with E-state index in [9.17, 15) is 4.79 Å². The van der Waals surface area contributed by atoms with Crippen molar-refractivity contribution in [2.24, 2.45) is 0 Å². The van der Waals surface area contributed by atoms with Crippen LogP contribution in [0, 0.1) is 0 Å². The molecule has 0 radical (unpaired) electrons. The highest BCUT2D eigenvalue weighted by Crippen LogP contribution is 2.29. The molecule has 0 atom stereocenters. The van der Waals surface area contributed by atoms with Crippen molar-refractivity contribution in [1.82, 2.24) is 20.1 Å². The van der Waals surface area contributed by atoms with E-state index in [1.54, 1.807) is 11.8 Å². The number of nitrogens with one attached hydrogen (secondary N) is 1. The molecule has 0 saturated heterocycles. The average Bonchev–Trinajstić information content (AvgIpc) is 3.22. The Morgan fingerprint density at radius 3 is 2.52 bits per heavy atom. The van der Waals surface area contributed by atoms with Crippen LogP contribution in [0.25, 0.3) is 17.1 Å². The number of amides is 1. The van der Waals surface area contributed by atoms with Crippen molar-refractivity contribution < 1.29 is 4.79 Å². The Hall–Kier alpha value is -2.31. The molecule has 1 aromatic heterocycles. The van der Waals surface area contributed by atoms with Gasteiger partial charge in [0.1, 0.15) is 0 Å². The van der Waals surface area contributed by atoms with Gasteiger partial charge in [0, 0.05) is 34.5 Å². The maximum atomic E-state index is 12.3. The Bertz CT molecular complexity index is 985. The molecule has 1 fully saturated rings. The summed E-state index contributed by atoms with van der Waals surface area (Å²) in [5.74, 6) is 1.75. The number of thioether (sulfide) groups is 1. The summed E-state index contributed by atoms with van der Waals surface area (Å²) in [5, 5.41) is 13.6. The highest BCUT2D eigenvalue weighted by Gasteiger charge is 2.17. The van der Waals surface area contributed by atoms with Gasteiger partial charge in [-0.25, -0.2) is 0 Å². The van der Waals surface area contributed by atoms with Crippen molar-refractivity contribution in [3.05, 3.63) is 59.6 Å². The number of nitrogens with zero attached hydrogens (tertiary/aromatic N) is 3. The van der Waals surface area contributed by atoms with Crippen LogP contribution in [-0.4, -0.2) is 32.5 Å². The van der Waals surface area contributed by atoms with Gasteiger partial charge in [-0.3, -0.25) is 9.36 Å². The fourth-order valence-electron chi connectivity index (χ4n) is 3.90. The number of rotatable bonds is 8. The average molecular weight is 455 g/mol. The summed E-state index contributed by atoms with van der Waals surface area (Å²) in [6.07, 6.45) is 7.34. The Kier molecular flexibility index (Phi) is 7.65. The lowest BCUT2D eigenvalue weighted by molar-refractivity contribution is -0.122. The normalized spacial score (nSPS) is 14.5. The topological polar surface area (TPSA) is 59.8 Å². The quantitative estimate of drug-likeness (QED) is 0.339. The third-order valence-corrected chi connectivity index (χ3v) is 6.77. The lowest BCUT2D eigenvalue weighted by Crippen LogP contribution is -2.36. The van der Waals surface area contributed by atoms with Gasteiger partial charge < -0.3 is 5.32 Å². The van der Waals surface area contributed by atoms with Gasteiger partial charge in [0.2, 0.25) is 5.91 Å². The summed E-state index contributed by atoms with van der Waals surface area (Å²) in [5.41, 5.74) is 1.97. The second-order valence-electron chi connectivity index (χ2n) is 7.84. The smallest absolute Gasteiger partial charge is 0.220 e. The van der Waals surface area contributed by atoms with Crippen molar-refractivity contribution >= 4 is 29.3 Å². The molecule has 1 N–H and O–H groups in total. The van der Waals surface area contributed by atoms with E-state index < -0.39 is 0 Å². The summed E-state index contributed by atoms with van der Waals surface area (Å²) in [4.78, 5) is 12.3. The summed E-state index contributed by atoms with van der Waals surface area (Å²) < 4.78 is 2.07. The van der Waals surface area contributed by atoms with Crippen LogP contribution in [0.1, 0.15) is 44.9 Å². The zero-order valence-electron chi connectivity index (χ0n) is 17.5. The van der Waals surface area contributed by atoms with Gasteiger partial charge in [0.15, 0.2) is 11.0 Å². The first kappa shape index (κ1) is 21.9. The van der Waals surface area contributed by atoms with Crippen molar-refractivity contribution in [1.29, 1.82) is 0 Å². The standard InChI is InChI=1S/C24H27ClN4OS/c25-19-15-13-18(14-16-19)23-27-28-24(29(23)21-10-5-2-6-11-21)31-17-7-12-22(30)26-20-8-3-1-4-9-20/h2,5-6,10-11,13-16,20H,1,3-4,7-9,12,17H2,(H,26,30). The summed E-state index contributed by atoms with van der Waals surface area (Å²) in [6, 6.07) is 18.1. The zero-order chi connectivity index (χ0) is 21.5. The monoisotopic (exact) mass is 454 g/mol. The fraction of sp³-hybridized carbons (Fsp3) is 0.375. The van der Waals surface area contributed by atoms with Crippen LogP contribution in [0.15, 0.2) is 59.8 Å². The van der Waals surface area contributed by atoms with Crippen LogP contribution in [0.2, 0.25) is 5.02 Å². The van der Waals surface area contributed by atoms with E-state index in [4.69, 9.17) is 11.6 Å². The highest BCUT2D eigenvalue weighted by atomic mass is 35.5. The molecule has 3 aromatic rings. The number of benzene rings is 2. The molecule has 2 aromatic carbocycles. The Balaban J connectivity index is 1.41. The Morgan fingerprint density at radius 2 is 1.77 bits per heavy atom. The number of halogens is 1. The molecule has 1 heterocycles. The summed E-state index contributed by atoms with van der Waals surface area (Å²) >= 11 is 7.68. The van der Waals surface area contributed by atoms with E-state index in [-0.39, 0.29) is 5.91 Å². The van der Waals surface area contributed by atoms with Crippen LogP contribution in [0.5, 0.6) is 0 Å². The molecule has 162 valence electrons. The van der Waals surface area contributed by atoms with Gasteiger partial charge in [-0.1, -0.05) is 60.8 Å². The molecule has 1 amide bonds. The summed E-state index contributed by atoms with van der Waals surface area (Å²) in [7, 11) is 0. The highest BCUT2D eigenvalue weighted by molar-refractivity contribution is 7.99. The van der Waals surface area contributed by atoms with Crippen LogP contribution < -0.4 is 5.32 Å². The lowest BCUT2D eigenvalue weighted by atomic mass is 9.95. The van der Waals surface area contributed by atoms with Gasteiger partial charge in [0.25, 0.3) is 0 Å². The third kappa shape index (κ3) is 5.89. The van der Waals surface area contributed by atoms with E-state index in [1.165, 1.54) is 19.3 Å². The molecule has 0 bridgehead atoms. The number of para-hydroxylation sites is 1.